The SMILES string of the molecule is CC(=O)c1cc2c(s1)CCCN(CCCCN1CCN(c3ncccn3)CC1)C2=O. The molecule has 0 atom stereocenters. The Morgan fingerprint density at radius 3 is 2.53 bits per heavy atom. The van der Waals surface area contributed by atoms with E-state index in [1.54, 1.807) is 25.4 Å². The van der Waals surface area contributed by atoms with Crippen molar-refractivity contribution in [2.45, 2.75) is 32.6 Å². The number of thiophene rings is 1. The fraction of sp³-hybridized carbons (Fsp3) is 0.545. The number of amides is 1. The van der Waals surface area contributed by atoms with Gasteiger partial charge in [-0.05, 0) is 51.3 Å². The first-order valence-corrected chi connectivity index (χ1v) is 11.6. The molecule has 4 rings (SSSR count). The van der Waals surface area contributed by atoms with Crippen molar-refractivity contribution in [3.8, 4) is 0 Å². The standard InChI is InChI=1S/C22H29N5O2S/c1-17(28)20-16-18-19(30-20)6-4-11-26(21(18)29)10-3-2-9-25-12-14-27(15-13-25)22-23-7-5-8-24-22/h5,7-8,16H,2-4,6,9-15H2,1H3. The van der Waals surface area contributed by atoms with E-state index in [1.165, 1.54) is 11.3 Å². The zero-order chi connectivity index (χ0) is 20.9. The number of aromatic nitrogens is 2. The van der Waals surface area contributed by atoms with E-state index in [0.717, 1.165) is 87.9 Å². The molecule has 0 radical (unpaired) electrons. The number of anilines is 1. The van der Waals surface area contributed by atoms with Crippen LogP contribution in [0, 0.1) is 0 Å². The first-order chi connectivity index (χ1) is 14.6. The third-order valence-electron chi connectivity index (χ3n) is 5.87. The number of fused-ring (bicyclic) bond motifs is 1. The van der Waals surface area contributed by atoms with Crippen molar-refractivity contribution in [2.24, 2.45) is 0 Å². The Bertz CT molecular complexity index is 877. The number of rotatable bonds is 7. The molecule has 2 aromatic rings. The number of aryl methyl sites for hydroxylation is 1. The first kappa shape index (κ1) is 20.9. The third kappa shape index (κ3) is 4.87. The molecule has 0 spiro atoms. The van der Waals surface area contributed by atoms with Gasteiger partial charge in [-0.2, -0.15) is 0 Å². The molecule has 2 aromatic heterocycles. The third-order valence-corrected chi connectivity index (χ3v) is 7.16. The van der Waals surface area contributed by atoms with E-state index < -0.39 is 0 Å². The highest BCUT2D eigenvalue weighted by atomic mass is 32.1. The van der Waals surface area contributed by atoms with Crippen LogP contribution in [0.4, 0.5) is 5.95 Å². The van der Waals surface area contributed by atoms with Crippen LogP contribution >= 0.6 is 11.3 Å². The van der Waals surface area contributed by atoms with E-state index in [0.29, 0.717) is 4.88 Å². The highest BCUT2D eigenvalue weighted by Crippen LogP contribution is 2.28. The first-order valence-electron chi connectivity index (χ1n) is 10.8. The van der Waals surface area contributed by atoms with Crippen molar-refractivity contribution in [3.63, 3.8) is 0 Å². The quantitative estimate of drug-likeness (QED) is 0.500. The number of hydrogen-bond acceptors (Lipinski definition) is 7. The van der Waals surface area contributed by atoms with Gasteiger partial charge in [-0.3, -0.25) is 14.5 Å². The van der Waals surface area contributed by atoms with Crippen LogP contribution in [-0.4, -0.2) is 77.3 Å². The van der Waals surface area contributed by atoms with Gasteiger partial charge in [0.1, 0.15) is 0 Å². The lowest BCUT2D eigenvalue weighted by molar-refractivity contribution is 0.0756. The van der Waals surface area contributed by atoms with Crippen LogP contribution < -0.4 is 4.90 Å². The summed E-state index contributed by atoms with van der Waals surface area (Å²) in [5.74, 6) is 0.964. The van der Waals surface area contributed by atoms with Crippen LogP contribution in [0.25, 0.3) is 0 Å². The van der Waals surface area contributed by atoms with Gasteiger partial charge in [0.2, 0.25) is 5.95 Å². The maximum Gasteiger partial charge on any atom is 0.255 e. The minimum Gasteiger partial charge on any atom is -0.339 e. The molecule has 8 heteroatoms. The maximum atomic E-state index is 12.9. The molecule has 30 heavy (non-hydrogen) atoms. The summed E-state index contributed by atoms with van der Waals surface area (Å²) in [5.41, 5.74) is 0.752. The molecular weight excluding hydrogens is 398 g/mol. The smallest absolute Gasteiger partial charge is 0.255 e. The van der Waals surface area contributed by atoms with Gasteiger partial charge in [-0.1, -0.05) is 0 Å². The van der Waals surface area contributed by atoms with Crippen molar-refractivity contribution in [1.82, 2.24) is 19.8 Å². The minimum atomic E-state index is 0.0475. The number of ketones is 1. The van der Waals surface area contributed by atoms with Crippen molar-refractivity contribution >= 4 is 29.0 Å². The molecule has 0 bridgehead atoms. The summed E-state index contributed by atoms with van der Waals surface area (Å²) in [6.45, 7) is 8.18. The Labute approximate surface area is 181 Å². The molecule has 4 heterocycles. The molecule has 0 saturated carbocycles. The molecule has 7 nitrogen and oxygen atoms in total. The molecule has 160 valence electrons. The van der Waals surface area contributed by atoms with E-state index in [9.17, 15) is 9.59 Å². The number of Topliss-reactive ketones (excluding diaryl/α,β-unsaturated/α-hetero) is 1. The molecule has 2 aliphatic rings. The summed E-state index contributed by atoms with van der Waals surface area (Å²) in [5, 5.41) is 0. The molecule has 1 saturated heterocycles. The van der Waals surface area contributed by atoms with E-state index >= 15 is 0 Å². The number of carbonyl (C=O) groups is 2. The summed E-state index contributed by atoms with van der Waals surface area (Å²) in [6, 6.07) is 3.65. The normalized spacial score (nSPS) is 17.7. The van der Waals surface area contributed by atoms with Gasteiger partial charge in [0.05, 0.1) is 10.4 Å². The largest absolute Gasteiger partial charge is 0.339 e. The minimum absolute atomic E-state index is 0.0475. The summed E-state index contributed by atoms with van der Waals surface area (Å²) < 4.78 is 0. The number of carbonyl (C=O) groups excluding carboxylic acids is 2. The van der Waals surface area contributed by atoms with Gasteiger partial charge in [0.15, 0.2) is 5.78 Å². The second kappa shape index (κ2) is 9.66. The predicted molar refractivity (Wildman–Crippen MR) is 118 cm³/mol. The number of unbranched alkanes of at least 4 members (excludes halogenated alkanes) is 1. The van der Waals surface area contributed by atoms with Crippen LogP contribution in [0.15, 0.2) is 24.5 Å². The highest BCUT2D eigenvalue weighted by Gasteiger charge is 2.25. The number of nitrogens with zero attached hydrogens (tertiary/aromatic N) is 5. The Morgan fingerprint density at radius 2 is 1.80 bits per heavy atom. The zero-order valence-corrected chi connectivity index (χ0v) is 18.4. The molecule has 0 aliphatic carbocycles. The Kier molecular flexibility index (Phi) is 6.74. The van der Waals surface area contributed by atoms with Crippen molar-refractivity contribution < 1.29 is 9.59 Å². The van der Waals surface area contributed by atoms with Crippen LogP contribution in [0.3, 0.4) is 0 Å². The summed E-state index contributed by atoms with van der Waals surface area (Å²) in [6.07, 6.45) is 7.54. The maximum absolute atomic E-state index is 12.9. The van der Waals surface area contributed by atoms with Crippen molar-refractivity contribution in [2.75, 3.05) is 50.7 Å². The molecular formula is C22H29N5O2S. The van der Waals surface area contributed by atoms with Crippen molar-refractivity contribution in [3.05, 3.63) is 39.8 Å². The summed E-state index contributed by atoms with van der Waals surface area (Å²) in [7, 11) is 0. The molecule has 0 unspecified atom stereocenters. The molecule has 0 N–H and O–H groups in total. The van der Waals surface area contributed by atoms with Crippen LogP contribution in [-0.2, 0) is 6.42 Å². The van der Waals surface area contributed by atoms with Gasteiger partial charge in [-0.25, -0.2) is 9.97 Å². The average molecular weight is 428 g/mol. The fourth-order valence-corrected chi connectivity index (χ4v) is 5.24. The monoisotopic (exact) mass is 427 g/mol. The number of hydrogen-bond donors (Lipinski definition) is 0. The molecule has 2 aliphatic heterocycles. The van der Waals surface area contributed by atoms with Gasteiger partial charge in [-0.15, -0.1) is 11.3 Å². The van der Waals surface area contributed by atoms with E-state index in [1.807, 2.05) is 11.0 Å². The van der Waals surface area contributed by atoms with Crippen LogP contribution in [0.1, 0.15) is 51.1 Å². The summed E-state index contributed by atoms with van der Waals surface area (Å²) >= 11 is 1.49. The van der Waals surface area contributed by atoms with E-state index in [4.69, 9.17) is 0 Å². The predicted octanol–water partition coefficient (Wildman–Crippen LogP) is 2.73. The fourth-order valence-electron chi connectivity index (χ4n) is 4.15. The average Bonchev–Trinajstić information content (AvgIpc) is 3.14. The number of piperazine rings is 1. The Morgan fingerprint density at radius 1 is 1.07 bits per heavy atom. The summed E-state index contributed by atoms with van der Waals surface area (Å²) in [4.78, 5) is 41.8. The lowest BCUT2D eigenvalue weighted by Gasteiger charge is -2.34. The lowest BCUT2D eigenvalue weighted by Crippen LogP contribution is -2.47. The van der Waals surface area contributed by atoms with Gasteiger partial charge in [0, 0.05) is 56.5 Å². The van der Waals surface area contributed by atoms with Gasteiger partial charge >= 0.3 is 0 Å². The van der Waals surface area contributed by atoms with Gasteiger partial charge in [0.25, 0.3) is 5.91 Å². The molecule has 1 amide bonds. The Hall–Kier alpha value is -2.32. The topological polar surface area (TPSA) is 69.6 Å². The second-order valence-electron chi connectivity index (χ2n) is 7.98. The highest BCUT2D eigenvalue weighted by molar-refractivity contribution is 7.14. The lowest BCUT2D eigenvalue weighted by atomic mass is 10.2. The van der Waals surface area contributed by atoms with Crippen LogP contribution in [0.2, 0.25) is 0 Å². The molecule has 0 aromatic carbocycles. The molecule has 1 fully saturated rings. The second-order valence-corrected chi connectivity index (χ2v) is 9.12. The van der Waals surface area contributed by atoms with E-state index in [-0.39, 0.29) is 11.7 Å². The van der Waals surface area contributed by atoms with Crippen molar-refractivity contribution in [1.29, 1.82) is 0 Å². The van der Waals surface area contributed by atoms with E-state index in [2.05, 4.69) is 19.8 Å². The Balaban J connectivity index is 1.21. The van der Waals surface area contributed by atoms with Crippen LogP contribution in [0.5, 0.6) is 0 Å². The zero-order valence-electron chi connectivity index (χ0n) is 17.5. The van der Waals surface area contributed by atoms with Gasteiger partial charge < -0.3 is 9.80 Å².